The van der Waals surface area contributed by atoms with Gasteiger partial charge in [0, 0.05) is 5.92 Å². The van der Waals surface area contributed by atoms with Crippen LogP contribution in [0.15, 0.2) is 12.1 Å². The maximum absolute atomic E-state index is 14.2. The predicted molar refractivity (Wildman–Crippen MR) is 103 cm³/mol. The number of rotatable bonds is 8. The van der Waals surface area contributed by atoms with E-state index in [1.165, 1.54) is 44.2 Å². The molecule has 1 nitrogen and oxygen atoms in total. The largest absolute Gasteiger partial charge is 0.490 e. The Morgan fingerprint density at radius 1 is 0.962 bits per heavy atom. The number of ether oxygens (including phenoxy) is 1. The van der Waals surface area contributed by atoms with Gasteiger partial charge in [0.2, 0.25) is 5.82 Å². The lowest BCUT2D eigenvalue weighted by molar-refractivity contribution is 0.286. The third kappa shape index (κ3) is 6.31. The van der Waals surface area contributed by atoms with Crippen LogP contribution in [0.25, 0.3) is 0 Å². The number of hydrogen-bond acceptors (Lipinski definition) is 1. The van der Waals surface area contributed by atoms with Gasteiger partial charge in [-0.05, 0) is 50.2 Å². The zero-order valence-corrected chi connectivity index (χ0v) is 16.3. The third-order valence-corrected chi connectivity index (χ3v) is 5.28. The fourth-order valence-corrected chi connectivity index (χ4v) is 3.54. The average molecular weight is 363 g/mol. The first-order valence-electron chi connectivity index (χ1n) is 10.3. The first-order chi connectivity index (χ1) is 12.7. The topological polar surface area (TPSA) is 9.23 Å². The third-order valence-electron chi connectivity index (χ3n) is 5.28. The summed E-state index contributed by atoms with van der Waals surface area (Å²) in [4.78, 5) is 0. The second-order valence-electron chi connectivity index (χ2n) is 7.42. The highest BCUT2D eigenvalue weighted by Crippen LogP contribution is 2.31. The molecule has 0 heterocycles. The fourth-order valence-electron chi connectivity index (χ4n) is 3.54. The van der Waals surface area contributed by atoms with Crippen molar-refractivity contribution in [2.45, 2.75) is 78.1 Å². The Labute approximate surface area is 157 Å². The van der Waals surface area contributed by atoms with Gasteiger partial charge in [-0.3, -0.25) is 0 Å². The molecule has 1 fully saturated rings. The van der Waals surface area contributed by atoms with Crippen LogP contribution in [0.3, 0.4) is 0 Å². The summed E-state index contributed by atoms with van der Waals surface area (Å²) in [5, 5.41) is 0. The van der Waals surface area contributed by atoms with Crippen LogP contribution in [-0.2, 0) is 0 Å². The second kappa shape index (κ2) is 11.2. The molecule has 0 N–H and O–H groups in total. The molecule has 0 unspecified atom stereocenters. The van der Waals surface area contributed by atoms with E-state index in [0.29, 0.717) is 12.5 Å². The van der Waals surface area contributed by atoms with E-state index >= 15 is 0 Å². The van der Waals surface area contributed by atoms with E-state index in [0.717, 1.165) is 38.0 Å². The van der Waals surface area contributed by atoms with Crippen LogP contribution in [0.5, 0.6) is 5.75 Å². The summed E-state index contributed by atoms with van der Waals surface area (Å²) in [6.07, 6.45) is 11.4. The molecule has 0 spiro atoms. The molecule has 144 valence electrons. The fraction of sp³-hybridized carbons (Fsp3) is 0.652. The number of benzene rings is 1. The quantitative estimate of drug-likeness (QED) is 0.362. The molecule has 1 aliphatic rings. The lowest BCUT2D eigenvalue weighted by atomic mass is 9.80. The summed E-state index contributed by atoms with van der Waals surface area (Å²) >= 11 is 0. The minimum atomic E-state index is -0.920. The van der Waals surface area contributed by atoms with Crippen molar-refractivity contribution in [2.24, 2.45) is 11.8 Å². The van der Waals surface area contributed by atoms with Crippen molar-refractivity contribution in [3.63, 3.8) is 0 Å². The van der Waals surface area contributed by atoms with Gasteiger partial charge in [0.05, 0.1) is 12.2 Å². The average Bonchev–Trinajstić information content (AvgIpc) is 2.67. The zero-order valence-electron chi connectivity index (χ0n) is 16.3. The van der Waals surface area contributed by atoms with Crippen LogP contribution in [0.2, 0.25) is 0 Å². The normalized spacial score (nSPS) is 19.7. The molecule has 2 rings (SSSR count). The Hall–Kier alpha value is -1.56. The van der Waals surface area contributed by atoms with E-state index in [-0.39, 0.29) is 11.3 Å². The van der Waals surface area contributed by atoms with E-state index in [9.17, 15) is 8.78 Å². The van der Waals surface area contributed by atoms with Crippen molar-refractivity contribution >= 4 is 0 Å². The van der Waals surface area contributed by atoms with E-state index in [4.69, 9.17) is 4.74 Å². The van der Waals surface area contributed by atoms with Crippen molar-refractivity contribution in [2.75, 3.05) is 6.61 Å². The molecule has 0 radical (unpaired) electrons. The van der Waals surface area contributed by atoms with Gasteiger partial charge in [-0.15, -0.1) is 0 Å². The van der Waals surface area contributed by atoms with Gasteiger partial charge in [-0.25, -0.2) is 4.39 Å². The molecule has 26 heavy (non-hydrogen) atoms. The first-order valence-corrected chi connectivity index (χ1v) is 10.3. The van der Waals surface area contributed by atoms with Gasteiger partial charge >= 0.3 is 0 Å². The number of unbranched alkanes of at least 4 members (excludes halogenated alkanes) is 3. The van der Waals surface area contributed by atoms with Crippen molar-refractivity contribution < 1.29 is 13.5 Å². The monoisotopic (exact) mass is 362 g/mol. The second-order valence-corrected chi connectivity index (χ2v) is 7.42. The maximum Gasteiger partial charge on any atom is 0.201 e. The van der Waals surface area contributed by atoms with Crippen LogP contribution < -0.4 is 4.74 Å². The molecular weight excluding hydrogens is 330 g/mol. The number of halogens is 2. The molecule has 0 bridgehead atoms. The van der Waals surface area contributed by atoms with Crippen LogP contribution in [0, 0.1) is 35.3 Å². The van der Waals surface area contributed by atoms with Crippen LogP contribution in [0.4, 0.5) is 8.78 Å². The summed E-state index contributed by atoms with van der Waals surface area (Å²) in [6.45, 7) is 4.73. The Kier molecular flexibility index (Phi) is 8.95. The first kappa shape index (κ1) is 20.7. The van der Waals surface area contributed by atoms with Crippen molar-refractivity contribution in [1.29, 1.82) is 0 Å². The van der Waals surface area contributed by atoms with Crippen molar-refractivity contribution in [3.05, 3.63) is 29.3 Å². The van der Waals surface area contributed by atoms with E-state index in [1.54, 1.807) is 0 Å². The Balaban J connectivity index is 1.90. The molecule has 0 amide bonds. The van der Waals surface area contributed by atoms with Gasteiger partial charge in [0.1, 0.15) is 0 Å². The summed E-state index contributed by atoms with van der Waals surface area (Å²) in [5.41, 5.74) is 0.136. The van der Waals surface area contributed by atoms with Gasteiger partial charge in [-0.2, -0.15) is 4.39 Å². The van der Waals surface area contributed by atoms with Gasteiger partial charge in [-0.1, -0.05) is 57.8 Å². The highest BCUT2D eigenvalue weighted by Gasteiger charge is 2.19. The SMILES string of the molecule is CCCCCOc1ccc(C#C[C@H]2CC[C@H](CCCC)CC2)c(F)c1F. The van der Waals surface area contributed by atoms with Crippen LogP contribution in [-0.4, -0.2) is 6.61 Å². The number of hydrogen-bond donors (Lipinski definition) is 0. The Morgan fingerprint density at radius 3 is 2.38 bits per heavy atom. The van der Waals surface area contributed by atoms with E-state index in [1.807, 2.05) is 0 Å². The van der Waals surface area contributed by atoms with Crippen LogP contribution in [0.1, 0.15) is 83.6 Å². The van der Waals surface area contributed by atoms with Crippen molar-refractivity contribution in [3.8, 4) is 17.6 Å². The highest BCUT2D eigenvalue weighted by molar-refractivity contribution is 5.41. The Morgan fingerprint density at radius 2 is 1.69 bits per heavy atom. The molecule has 1 aromatic carbocycles. The lowest BCUT2D eigenvalue weighted by Gasteiger charge is -2.25. The molecule has 0 aromatic heterocycles. The summed E-state index contributed by atoms with van der Waals surface area (Å²) < 4.78 is 33.7. The lowest BCUT2D eigenvalue weighted by Crippen LogP contribution is -2.13. The van der Waals surface area contributed by atoms with Gasteiger partial charge < -0.3 is 4.74 Å². The summed E-state index contributed by atoms with van der Waals surface area (Å²) in [6, 6.07) is 3.03. The molecule has 0 aliphatic heterocycles. The zero-order chi connectivity index (χ0) is 18.8. The molecule has 1 aromatic rings. The maximum atomic E-state index is 14.2. The van der Waals surface area contributed by atoms with E-state index in [2.05, 4.69) is 25.7 Å². The molecule has 1 saturated carbocycles. The van der Waals surface area contributed by atoms with Crippen LogP contribution >= 0.6 is 0 Å². The summed E-state index contributed by atoms with van der Waals surface area (Å²) in [5.74, 6) is 5.34. The molecular formula is C23H32F2O. The minimum Gasteiger partial charge on any atom is -0.490 e. The van der Waals surface area contributed by atoms with Gasteiger partial charge in [0.25, 0.3) is 0 Å². The van der Waals surface area contributed by atoms with Gasteiger partial charge in [0.15, 0.2) is 11.6 Å². The summed E-state index contributed by atoms with van der Waals surface area (Å²) in [7, 11) is 0. The standard InChI is InChI=1S/C23H32F2O/c1-3-5-7-17-26-21-16-15-20(22(24)23(21)25)14-13-19-11-9-18(10-12-19)8-6-4-2/h15-16,18-19H,3-12,17H2,1-2H3/t18-,19-. The van der Waals surface area contributed by atoms with Crippen molar-refractivity contribution in [1.82, 2.24) is 0 Å². The highest BCUT2D eigenvalue weighted by atomic mass is 19.2. The molecule has 3 heteroatoms. The predicted octanol–water partition coefficient (Wildman–Crippen LogP) is 6.88. The molecule has 0 saturated heterocycles. The Bertz CT molecular complexity index is 607. The smallest absolute Gasteiger partial charge is 0.201 e. The molecule has 1 aliphatic carbocycles. The minimum absolute atomic E-state index is 0.0133. The molecule has 0 atom stereocenters. The van der Waals surface area contributed by atoms with E-state index < -0.39 is 11.6 Å².